The van der Waals surface area contributed by atoms with Crippen LogP contribution < -0.4 is 5.32 Å². The Bertz CT molecular complexity index is 743. The van der Waals surface area contributed by atoms with Crippen molar-refractivity contribution >= 4 is 23.2 Å². The topological polar surface area (TPSA) is 54.5 Å². The monoisotopic (exact) mass is 347 g/mol. The Hall–Kier alpha value is -1.99. The summed E-state index contributed by atoms with van der Waals surface area (Å²) in [5.41, 5.74) is 2.32. The van der Waals surface area contributed by atoms with Crippen LogP contribution >= 0.6 is 11.3 Å². The van der Waals surface area contributed by atoms with Crippen molar-refractivity contribution in [1.29, 1.82) is 0 Å². The molecule has 3 saturated heterocycles. The number of piperidine rings is 3. The maximum atomic E-state index is 13.4. The van der Waals surface area contributed by atoms with Crippen molar-refractivity contribution in [2.75, 3.05) is 25.0 Å². The van der Waals surface area contributed by atoms with Gasteiger partial charge in [-0.25, -0.2) is 14.2 Å². The van der Waals surface area contributed by atoms with Gasteiger partial charge in [0.2, 0.25) is 0 Å². The van der Waals surface area contributed by atoms with E-state index in [-0.39, 0.29) is 11.9 Å². The number of fused-ring (bicyclic) bond motifs is 3. The van der Waals surface area contributed by atoms with Crippen molar-refractivity contribution in [2.24, 2.45) is 5.92 Å². The summed E-state index contributed by atoms with van der Waals surface area (Å²) < 4.78 is 19.0. The van der Waals surface area contributed by atoms with Crippen LogP contribution in [-0.2, 0) is 4.74 Å². The zero-order chi connectivity index (χ0) is 16.5. The van der Waals surface area contributed by atoms with E-state index in [9.17, 15) is 9.18 Å². The molecule has 3 aliphatic rings. The fourth-order valence-electron chi connectivity index (χ4n) is 3.48. The predicted octanol–water partition coefficient (Wildman–Crippen LogP) is 3.59. The number of amides is 1. The molecule has 0 spiro atoms. The first-order chi connectivity index (χ1) is 11.7. The summed E-state index contributed by atoms with van der Waals surface area (Å²) in [6.07, 6.45) is 1.63. The molecule has 2 aromatic rings. The van der Waals surface area contributed by atoms with Gasteiger partial charge in [-0.2, -0.15) is 0 Å². The highest BCUT2D eigenvalue weighted by atomic mass is 32.1. The van der Waals surface area contributed by atoms with Gasteiger partial charge in [0.05, 0.1) is 10.4 Å². The van der Waals surface area contributed by atoms with E-state index in [0.29, 0.717) is 17.3 Å². The molecule has 1 atom stereocenters. The first-order valence-electron chi connectivity index (χ1n) is 8.08. The predicted molar refractivity (Wildman–Crippen MR) is 90.6 cm³/mol. The van der Waals surface area contributed by atoms with Crippen molar-refractivity contribution < 1.29 is 13.9 Å². The normalized spacial score (nSPS) is 25.5. The number of hydrogen-bond donors (Lipinski definition) is 1. The van der Waals surface area contributed by atoms with E-state index in [0.717, 1.165) is 37.4 Å². The van der Waals surface area contributed by atoms with E-state index in [1.807, 2.05) is 0 Å². The van der Waals surface area contributed by atoms with E-state index in [1.165, 1.54) is 23.5 Å². The van der Waals surface area contributed by atoms with Gasteiger partial charge in [-0.3, -0.25) is 10.2 Å². The van der Waals surface area contributed by atoms with Crippen LogP contribution in [0.2, 0.25) is 0 Å². The number of ether oxygens (including phenoxy) is 1. The van der Waals surface area contributed by atoms with Crippen LogP contribution in [0, 0.1) is 11.7 Å². The number of aromatic nitrogens is 1. The van der Waals surface area contributed by atoms with E-state index < -0.39 is 6.09 Å². The molecule has 1 aromatic heterocycles. The molecule has 7 heteroatoms. The lowest BCUT2D eigenvalue weighted by atomic mass is 9.86. The Labute approximate surface area is 143 Å². The maximum Gasteiger partial charge on any atom is 0.413 e. The van der Waals surface area contributed by atoms with Crippen LogP contribution in [0.4, 0.5) is 15.0 Å². The lowest BCUT2D eigenvalue weighted by Gasteiger charge is -2.43. The quantitative estimate of drug-likeness (QED) is 0.922. The number of thiazole rings is 1. The molecule has 1 N–H and O–H groups in total. The largest absolute Gasteiger partial charge is 0.444 e. The number of rotatable bonds is 3. The minimum atomic E-state index is -0.489. The van der Waals surface area contributed by atoms with Crippen LogP contribution in [0.5, 0.6) is 0 Å². The van der Waals surface area contributed by atoms with Crippen LogP contribution in [0.25, 0.3) is 10.4 Å². The number of halogens is 1. The van der Waals surface area contributed by atoms with Gasteiger partial charge >= 0.3 is 6.09 Å². The molecule has 5 nitrogen and oxygen atoms in total. The summed E-state index contributed by atoms with van der Waals surface area (Å²) in [4.78, 5) is 19.5. The molecule has 0 unspecified atom stereocenters. The average molecular weight is 347 g/mol. The fourth-order valence-corrected chi connectivity index (χ4v) is 4.22. The second kappa shape index (κ2) is 6.49. The molecule has 5 rings (SSSR count). The van der Waals surface area contributed by atoms with Crippen LogP contribution in [0.3, 0.4) is 0 Å². The lowest BCUT2D eigenvalue weighted by molar-refractivity contribution is -0.0290. The molecule has 126 valence electrons. The number of benzene rings is 1. The van der Waals surface area contributed by atoms with Gasteiger partial charge in [0, 0.05) is 6.54 Å². The number of nitrogens with zero attached hydrogens (tertiary/aromatic N) is 2. The van der Waals surface area contributed by atoms with Crippen molar-refractivity contribution in [3.8, 4) is 10.4 Å². The fraction of sp³-hybridized carbons (Fsp3) is 0.412. The first-order valence-corrected chi connectivity index (χ1v) is 8.96. The zero-order valence-electron chi connectivity index (χ0n) is 13.1. The molecule has 3 fully saturated rings. The van der Waals surface area contributed by atoms with Crippen LogP contribution in [0.15, 0.2) is 29.8 Å². The van der Waals surface area contributed by atoms with E-state index >= 15 is 0 Å². The number of nitrogens with one attached hydrogen (secondary N) is 1. The van der Waals surface area contributed by atoms with Crippen molar-refractivity contribution in [3.05, 3.63) is 35.6 Å². The summed E-state index contributed by atoms with van der Waals surface area (Å²) >= 11 is 1.36. The van der Waals surface area contributed by atoms with Crippen LogP contribution in [0.1, 0.15) is 12.8 Å². The van der Waals surface area contributed by atoms with Gasteiger partial charge in [-0.15, -0.1) is 11.3 Å². The molecule has 0 saturated carbocycles. The maximum absolute atomic E-state index is 13.4. The minimum absolute atomic E-state index is 0.0521. The van der Waals surface area contributed by atoms with Crippen molar-refractivity contribution in [1.82, 2.24) is 9.88 Å². The molecule has 4 heterocycles. The Morgan fingerprint density at radius 1 is 1.38 bits per heavy atom. The average Bonchev–Trinajstić information content (AvgIpc) is 3.04. The molecular weight excluding hydrogens is 329 g/mol. The van der Waals surface area contributed by atoms with Gasteiger partial charge < -0.3 is 4.74 Å². The number of anilines is 1. The van der Waals surface area contributed by atoms with Gasteiger partial charge in [0.25, 0.3) is 0 Å². The minimum Gasteiger partial charge on any atom is -0.444 e. The molecule has 0 aliphatic carbocycles. The third-order valence-corrected chi connectivity index (χ3v) is 5.60. The summed E-state index contributed by atoms with van der Waals surface area (Å²) in [6.45, 7) is 3.01. The third-order valence-electron chi connectivity index (χ3n) is 4.73. The summed E-state index contributed by atoms with van der Waals surface area (Å²) in [7, 11) is 0. The highest BCUT2D eigenvalue weighted by molar-refractivity contribution is 7.13. The Kier molecular flexibility index (Phi) is 4.20. The molecule has 2 bridgehead atoms. The first kappa shape index (κ1) is 15.5. The summed E-state index contributed by atoms with van der Waals surface area (Å²) in [5.74, 6) is 0.553. The van der Waals surface area contributed by atoms with Gasteiger partial charge in [-0.05, 0) is 49.5 Å². The smallest absolute Gasteiger partial charge is 0.413 e. The van der Waals surface area contributed by atoms with Crippen LogP contribution in [-0.4, -0.2) is 41.7 Å². The highest BCUT2D eigenvalue weighted by Gasteiger charge is 2.36. The van der Waals surface area contributed by atoms with Crippen molar-refractivity contribution in [3.63, 3.8) is 0 Å². The van der Waals surface area contributed by atoms with Crippen molar-refractivity contribution in [2.45, 2.75) is 18.9 Å². The van der Waals surface area contributed by atoms with Gasteiger partial charge in [0.1, 0.15) is 11.9 Å². The van der Waals surface area contributed by atoms with Gasteiger partial charge in [0.15, 0.2) is 5.82 Å². The van der Waals surface area contributed by atoms with E-state index in [1.54, 1.807) is 17.6 Å². The lowest BCUT2D eigenvalue weighted by Crippen LogP contribution is -2.52. The number of carbonyl (C=O) groups excluding carboxylic acids is 1. The molecule has 0 radical (unpaired) electrons. The SMILES string of the molecule is O=C(Nc1ncsc1-c1cccc(F)c1)O[C@H]1CN2CCC1CC2. The summed E-state index contributed by atoms with van der Waals surface area (Å²) in [5, 5.41) is 2.71. The number of carbonyl (C=O) groups is 1. The standard InChI is InChI=1S/C17H18FN3O2S/c18-13-3-1-2-12(8-13)15-16(19-10-24-15)20-17(22)23-14-9-21-6-4-11(14)5-7-21/h1-3,8,10-11,14H,4-7,9H2,(H,20,22)/t14-/m0/s1. The van der Waals surface area contributed by atoms with Gasteiger partial charge in [-0.1, -0.05) is 12.1 Å². The summed E-state index contributed by atoms with van der Waals surface area (Å²) in [6, 6.07) is 6.25. The second-order valence-electron chi connectivity index (χ2n) is 6.25. The highest BCUT2D eigenvalue weighted by Crippen LogP contribution is 2.33. The zero-order valence-corrected chi connectivity index (χ0v) is 13.9. The third kappa shape index (κ3) is 3.14. The Balaban J connectivity index is 1.44. The Morgan fingerprint density at radius 2 is 2.21 bits per heavy atom. The molecular formula is C17H18FN3O2S. The Morgan fingerprint density at radius 3 is 2.92 bits per heavy atom. The van der Waals surface area contributed by atoms with E-state index in [2.05, 4.69) is 15.2 Å². The molecule has 3 aliphatic heterocycles. The second-order valence-corrected chi connectivity index (χ2v) is 7.10. The molecule has 1 aromatic carbocycles. The van der Waals surface area contributed by atoms with E-state index in [4.69, 9.17) is 4.74 Å². The molecule has 1 amide bonds. The number of hydrogen-bond acceptors (Lipinski definition) is 5. The molecule has 24 heavy (non-hydrogen) atoms.